The molecule has 36 heavy (non-hydrogen) atoms. The predicted molar refractivity (Wildman–Crippen MR) is 145 cm³/mol. The van der Waals surface area contributed by atoms with Gasteiger partial charge in [-0.1, -0.05) is 36.9 Å². The second kappa shape index (κ2) is 24.6. The van der Waals surface area contributed by atoms with Crippen molar-refractivity contribution in [2.24, 2.45) is 0 Å². The van der Waals surface area contributed by atoms with Gasteiger partial charge in [-0.3, -0.25) is 4.79 Å². The second-order valence-corrected chi connectivity index (χ2v) is 6.88. The van der Waals surface area contributed by atoms with E-state index in [4.69, 9.17) is 33.6 Å². The van der Waals surface area contributed by atoms with E-state index in [2.05, 4.69) is 44.9 Å². The van der Waals surface area contributed by atoms with Gasteiger partial charge >= 0.3 is 0 Å². The summed E-state index contributed by atoms with van der Waals surface area (Å²) in [6.45, 7) is 16.8. The number of aryl methyl sites for hydroxylation is 2. The van der Waals surface area contributed by atoms with Gasteiger partial charge in [-0.25, -0.2) is 0 Å². The zero-order valence-corrected chi connectivity index (χ0v) is 21.7. The third-order valence-electron chi connectivity index (χ3n) is 4.23. The Morgan fingerprint density at radius 2 is 1.56 bits per heavy atom. The van der Waals surface area contributed by atoms with Crippen LogP contribution in [-0.2, 0) is 25.5 Å². The molecule has 0 unspecified atom stereocenters. The first-order valence-corrected chi connectivity index (χ1v) is 11.2. The van der Waals surface area contributed by atoms with Crippen LogP contribution in [0.5, 0.6) is 11.5 Å². The van der Waals surface area contributed by atoms with E-state index in [1.807, 2.05) is 31.9 Å². The summed E-state index contributed by atoms with van der Waals surface area (Å²) in [5, 5.41) is 8.75. The number of methoxy groups -OCH3 is 1. The van der Waals surface area contributed by atoms with Crippen LogP contribution < -0.4 is 9.47 Å². The average molecular weight is 501 g/mol. The molecule has 0 aromatic heterocycles. The first-order valence-electron chi connectivity index (χ1n) is 11.2. The lowest BCUT2D eigenvalue weighted by Crippen LogP contribution is -2.06. The molecule has 2 aromatic rings. The van der Waals surface area contributed by atoms with Gasteiger partial charge in [0.2, 0.25) is 0 Å². The van der Waals surface area contributed by atoms with E-state index in [1.165, 1.54) is 17.2 Å². The molecule has 2 rings (SSSR count). The van der Waals surface area contributed by atoms with Gasteiger partial charge in [0.25, 0.3) is 0 Å². The fourth-order valence-electron chi connectivity index (χ4n) is 2.71. The summed E-state index contributed by atoms with van der Waals surface area (Å²) in [7, 11) is 1.64. The van der Waals surface area contributed by atoms with Crippen LogP contribution in [0.15, 0.2) is 74.4 Å². The number of aliphatic hydroxyl groups is 1. The number of carbonyl (C=O) groups excluding carboxylic acids is 2. The smallest absolute Gasteiger partial charge is 0.191 e. The van der Waals surface area contributed by atoms with Crippen LogP contribution in [0, 0.1) is 6.92 Å². The Labute approximate surface area is 215 Å². The van der Waals surface area contributed by atoms with Gasteiger partial charge in [-0.05, 0) is 67.2 Å². The molecule has 0 spiro atoms. The number of aliphatic hydroxyl groups excluding tert-OH is 1. The highest BCUT2D eigenvalue weighted by Crippen LogP contribution is 2.31. The highest BCUT2D eigenvalue weighted by molar-refractivity contribution is 5.68. The Kier molecular flexibility index (Phi) is 23.7. The minimum absolute atomic E-state index is 0.0308. The summed E-state index contributed by atoms with van der Waals surface area (Å²) in [5.74, 6) is 1.30. The lowest BCUT2D eigenvalue weighted by molar-refractivity contribution is -0.104. The third-order valence-corrected chi connectivity index (χ3v) is 4.23. The first-order chi connectivity index (χ1) is 17.5. The maximum atomic E-state index is 9.06. The van der Waals surface area contributed by atoms with Crippen molar-refractivity contribution in [3.05, 3.63) is 85.5 Å². The number of ether oxygens (including phenoxy) is 4. The molecule has 7 heteroatoms. The molecule has 0 radical (unpaired) electrons. The zero-order chi connectivity index (χ0) is 27.6. The molecule has 7 nitrogen and oxygen atoms in total. The minimum Gasteiger partial charge on any atom is -0.491 e. The number of hydrogen-bond acceptors (Lipinski definition) is 7. The van der Waals surface area contributed by atoms with Crippen molar-refractivity contribution in [3.8, 4) is 22.6 Å². The quantitative estimate of drug-likeness (QED) is 0.128. The molecule has 2 aromatic carbocycles. The van der Waals surface area contributed by atoms with E-state index in [-0.39, 0.29) is 13.6 Å². The number of rotatable bonds is 13. The SMILES string of the molecule is C=CC.C=CC=O.C=CCCc1ccc(-c2cc(OCCOC)cc(OCOCO)c2)cc1C.C=O. The fourth-order valence-corrected chi connectivity index (χ4v) is 2.71. The van der Waals surface area contributed by atoms with Gasteiger partial charge < -0.3 is 28.8 Å². The molecule has 0 saturated carbocycles. The molecule has 0 aliphatic rings. The topological polar surface area (TPSA) is 91.3 Å². The van der Waals surface area contributed by atoms with Gasteiger partial charge in [0.15, 0.2) is 6.79 Å². The van der Waals surface area contributed by atoms with E-state index in [1.54, 1.807) is 19.3 Å². The van der Waals surface area contributed by atoms with Crippen molar-refractivity contribution < 1.29 is 33.6 Å². The molecule has 0 heterocycles. The summed E-state index contributed by atoms with van der Waals surface area (Å²) in [6, 6.07) is 12.1. The Balaban J connectivity index is 0. The molecular weight excluding hydrogens is 460 g/mol. The largest absolute Gasteiger partial charge is 0.491 e. The van der Waals surface area contributed by atoms with Gasteiger partial charge in [-0.15, -0.1) is 13.2 Å². The van der Waals surface area contributed by atoms with Gasteiger partial charge in [-0.2, -0.15) is 0 Å². The maximum Gasteiger partial charge on any atom is 0.191 e. The van der Waals surface area contributed by atoms with E-state index in [0.717, 1.165) is 24.0 Å². The van der Waals surface area contributed by atoms with Gasteiger partial charge in [0.05, 0.1) is 6.61 Å². The standard InChI is InChI=1S/C22H28O5.C3H4O.C3H6.CH2O/c1-4-5-6-18-7-8-19(11-17(18)2)20-12-21(26-10-9-24-3)14-22(13-20)27-16-25-15-23;1-2-3-4;1-3-2;1-2/h4,7-8,11-14,23H,1,5-6,9-10,15-16H2,2-3H3;2-3H,1H2;3H,1H2,2H3;1H2. The highest BCUT2D eigenvalue weighted by Gasteiger charge is 2.08. The van der Waals surface area contributed by atoms with Crippen molar-refractivity contribution in [1.82, 2.24) is 0 Å². The van der Waals surface area contributed by atoms with Crippen LogP contribution in [0.4, 0.5) is 0 Å². The number of aldehydes is 1. The van der Waals surface area contributed by atoms with Crippen molar-refractivity contribution >= 4 is 13.1 Å². The summed E-state index contributed by atoms with van der Waals surface area (Å²) < 4.78 is 21.2. The number of benzene rings is 2. The molecule has 0 saturated heterocycles. The van der Waals surface area contributed by atoms with Crippen LogP contribution >= 0.6 is 0 Å². The average Bonchev–Trinajstić information content (AvgIpc) is 2.90. The Bertz CT molecular complexity index is 844. The normalized spacial score (nSPS) is 9.00. The van der Waals surface area contributed by atoms with Crippen LogP contribution in [0.2, 0.25) is 0 Å². The minimum atomic E-state index is -0.387. The molecule has 0 aliphatic carbocycles. The lowest BCUT2D eigenvalue weighted by Gasteiger charge is -2.13. The number of hydrogen-bond donors (Lipinski definition) is 1. The highest BCUT2D eigenvalue weighted by atomic mass is 16.7. The molecular formula is C29H40O7. The Morgan fingerprint density at radius 3 is 2.06 bits per heavy atom. The fraction of sp³-hybridized carbons (Fsp3) is 0.310. The van der Waals surface area contributed by atoms with E-state index < -0.39 is 0 Å². The molecule has 0 aliphatic heterocycles. The van der Waals surface area contributed by atoms with Crippen molar-refractivity contribution in [3.63, 3.8) is 0 Å². The zero-order valence-electron chi connectivity index (χ0n) is 21.7. The molecule has 0 fully saturated rings. The lowest BCUT2D eigenvalue weighted by atomic mass is 9.97. The van der Waals surface area contributed by atoms with Crippen molar-refractivity contribution in [2.75, 3.05) is 33.9 Å². The van der Waals surface area contributed by atoms with Crippen LogP contribution in [-0.4, -0.2) is 52.1 Å². The molecule has 0 amide bonds. The maximum absolute atomic E-state index is 9.06. The predicted octanol–water partition coefficient (Wildman–Crippen LogP) is 5.49. The summed E-state index contributed by atoms with van der Waals surface area (Å²) in [5.41, 5.74) is 4.63. The van der Waals surface area contributed by atoms with Crippen LogP contribution in [0.25, 0.3) is 11.1 Å². The third kappa shape index (κ3) is 16.2. The summed E-state index contributed by atoms with van der Waals surface area (Å²) >= 11 is 0. The molecule has 0 bridgehead atoms. The van der Waals surface area contributed by atoms with Gasteiger partial charge in [0, 0.05) is 13.2 Å². The Morgan fingerprint density at radius 1 is 0.944 bits per heavy atom. The summed E-state index contributed by atoms with van der Waals surface area (Å²) in [4.78, 5) is 17.1. The number of carbonyl (C=O) groups is 2. The first kappa shape index (κ1) is 34.6. The van der Waals surface area contributed by atoms with Crippen LogP contribution in [0.3, 0.4) is 0 Å². The molecule has 0 atom stereocenters. The molecule has 1 N–H and O–H groups in total. The number of allylic oxidation sites excluding steroid dienone is 3. The second-order valence-electron chi connectivity index (χ2n) is 6.88. The van der Waals surface area contributed by atoms with E-state index in [0.29, 0.717) is 31.0 Å². The van der Waals surface area contributed by atoms with Crippen molar-refractivity contribution in [2.45, 2.75) is 26.7 Å². The Hall–Kier alpha value is -3.52. The van der Waals surface area contributed by atoms with E-state index in [9.17, 15) is 0 Å². The van der Waals surface area contributed by atoms with Crippen molar-refractivity contribution in [1.29, 1.82) is 0 Å². The molecule has 198 valence electrons. The van der Waals surface area contributed by atoms with Crippen LogP contribution in [0.1, 0.15) is 24.5 Å². The van der Waals surface area contributed by atoms with E-state index >= 15 is 0 Å². The monoisotopic (exact) mass is 500 g/mol. The summed E-state index contributed by atoms with van der Waals surface area (Å²) in [6.07, 6.45) is 7.47. The van der Waals surface area contributed by atoms with Gasteiger partial charge in [0.1, 0.15) is 38.0 Å².